The number of halogens is 1. The summed E-state index contributed by atoms with van der Waals surface area (Å²) >= 11 is 3.66. The van der Waals surface area contributed by atoms with E-state index in [1.54, 1.807) is 25.5 Å². The minimum Gasteiger partial charge on any atom is -0.493 e. The number of esters is 1. The van der Waals surface area contributed by atoms with E-state index in [0.29, 0.717) is 37.7 Å². The van der Waals surface area contributed by atoms with Crippen LogP contribution in [0.5, 0.6) is 11.5 Å². The fraction of sp³-hybridized carbons (Fsp3) is 0.324. The Balaban J connectivity index is 1.69. The van der Waals surface area contributed by atoms with E-state index in [-0.39, 0.29) is 18.3 Å². The molecule has 230 valence electrons. The number of carbonyl (C=O) groups is 1. The normalized spacial score (nSPS) is 15.0. The van der Waals surface area contributed by atoms with Crippen LogP contribution in [0.3, 0.4) is 0 Å². The van der Waals surface area contributed by atoms with Gasteiger partial charge >= 0.3 is 5.97 Å². The second kappa shape index (κ2) is 12.8. The molecule has 1 aliphatic heterocycles. The number of fused-ring (bicyclic) bond motifs is 1. The Hall–Kier alpha value is -3.64. The molecular weight excluding hydrogens is 689 g/mol. The number of benzene rings is 2. The van der Waals surface area contributed by atoms with Gasteiger partial charge in [0.1, 0.15) is 0 Å². The van der Waals surface area contributed by atoms with Crippen molar-refractivity contribution in [2.45, 2.75) is 60.6 Å². The molecule has 0 spiro atoms. The zero-order valence-corrected chi connectivity index (χ0v) is 29.1. The van der Waals surface area contributed by atoms with Crippen molar-refractivity contribution in [1.82, 2.24) is 9.13 Å². The van der Waals surface area contributed by atoms with Gasteiger partial charge < -0.3 is 18.8 Å². The summed E-state index contributed by atoms with van der Waals surface area (Å²) in [5.74, 6) is 0.579. The molecule has 5 rings (SSSR count). The first kappa shape index (κ1) is 31.8. The molecule has 1 atom stereocenters. The van der Waals surface area contributed by atoms with Gasteiger partial charge in [-0.05, 0) is 124 Å². The van der Waals surface area contributed by atoms with E-state index in [4.69, 9.17) is 19.2 Å². The first-order chi connectivity index (χ1) is 20.9. The van der Waals surface area contributed by atoms with E-state index >= 15 is 0 Å². The standard InChI is InChI=1S/C34H36IN3O5S/c1-9-42-33(40)30-21(6)36-34-38(31(30)23-11-13-27(43-18(2)3)28(15-23)41-8)32(39)29(44-34)16-24-14-20(5)37(22(24)7)25-12-10-19(4)26(35)17-25/h10-18,31H,9H2,1-8H3/b29-16+/t31-/m1/s1. The number of carbonyl (C=O) groups excluding carboxylic acids is 1. The van der Waals surface area contributed by atoms with E-state index < -0.39 is 12.0 Å². The molecule has 4 aromatic rings. The van der Waals surface area contributed by atoms with E-state index in [9.17, 15) is 9.59 Å². The lowest BCUT2D eigenvalue weighted by Crippen LogP contribution is -2.40. The van der Waals surface area contributed by atoms with Gasteiger partial charge in [-0.3, -0.25) is 9.36 Å². The van der Waals surface area contributed by atoms with Crippen LogP contribution in [0.15, 0.2) is 63.5 Å². The second-order valence-corrected chi connectivity index (χ2v) is 13.1. The van der Waals surface area contributed by atoms with Crippen LogP contribution in [-0.2, 0) is 9.53 Å². The lowest BCUT2D eigenvalue weighted by Gasteiger charge is -2.25. The highest BCUT2D eigenvalue weighted by Gasteiger charge is 2.34. The Morgan fingerprint density at radius 3 is 2.50 bits per heavy atom. The largest absolute Gasteiger partial charge is 0.493 e. The van der Waals surface area contributed by atoms with Crippen LogP contribution >= 0.6 is 33.9 Å². The number of methoxy groups -OCH3 is 1. The third kappa shape index (κ3) is 5.89. The van der Waals surface area contributed by atoms with Crippen molar-refractivity contribution in [3.8, 4) is 17.2 Å². The quantitative estimate of drug-likeness (QED) is 0.167. The summed E-state index contributed by atoms with van der Waals surface area (Å²) < 4.78 is 22.5. The first-order valence-corrected chi connectivity index (χ1v) is 16.3. The average molecular weight is 726 g/mol. The van der Waals surface area contributed by atoms with Crippen molar-refractivity contribution < 1.29 is 19.0 Å². The van der Waals surface area contributed by atoms with Crippen LogP contribution in [0, 0.1) is 24.3 Å². The Bertz CT molecular complexity index is 1980. The topological polar surface area (TPSA) is 84.1 Å². The van der Waals surface area contributed by atoms with Crippen molar-refractivity contribution in [1.29, 1.82) is 0 Å². The molecule has 0 amide bonds. The minimum atomic E-state index is -0.753. The molecular formula is C34H36IN3O5S. The maximum atomic E-state index is 14.2. The molecule has 0 fully saturated rings. The predicted molar refractivity (Wildman–Crippen MR) is 182 cm³/mol. The Morgan fingerprint density at radius 1 is 1.09 bits per heavy atom. The Labute approximate surface area is 274 Å². The van der Waals surface area contributed by atoms with Crippen LogP contribution in [0.2, 0.25) is 0 Å². The highest BCUT2D eigenvalue weighted by molar-refractivity contribution is 14.1. The maximum Gasteiger partial charge on any atom is 0.338 e. The molecule has 8 nitrogen and oxygen atoms in total. The molecule has 1 aliphatic rings. The van der Waals surface area contributed by atoms with E-state index in [0.717, 1.165) is 22.6 Å². The van der Waals surface area contributed by atoms with Crippen LogP contribution in [0.25, 0.3) is 11.8 Å². The van der Waals surface area contributed by atoms with Crippen LogP contribution in [0.4, 0.5) is 0 Å². The second-order valence-electron chi connectivity index (χ2n) is 11.0. The van der Waals surface area contributed by atoms with Crippen molar-refractivity contribution in [3.05, 3.63) is 105 Å². The molecule has 0 bridgehead atoms. The fourth-order valence-corrected chi connectivity index (χ4v) is 7.04. The Morgan fingerprint density at radius 2 is 1.84 bits per heavy atom. The highest BCUT2D eigenvalue weighted by atomic mass is 127. The third-order valence-corrected chi connectivity index (χ3v) is 9.70. The summed E-state index contributed by atoms with van der Waals surface area (Å²) in [5.41, 5.74) is 6.62. The summed E-state index contributed by atoms with van der Waals surface area (Å²) in [7, 11) is 1.57. The lowest BCUT2D eigenvalue weighted by molar-refractivity contribution is -0.139. The molecule has 0 N–H and O–H groups in total. The van der Waals surface area contributed by atoms with Crippen LogP contribution in [0.1, 0.15) is 61.8 Å². The highest BCUT2D eigenvalue weighted by Crippen LogP contribution is 2.36. The van der Waals surface area contributed by atoms with Gasteiger partial charge in [0.15, 0.2) is 16.3 Å². The first-order valence-electron chi connectivity index (χ1n) is 14.4. The zero-order valence-electron chi connectivity index (χ0n) is 26.1. The molecule has 10 heteroatoms. The van der Waals surface area contributed by atoms with Gasteiger partial charge in [-0.25, -0.2) is 9.79 Å². The van der Waals surface area contributed by atoms with Crippen molar-refractivity contribution in [2.24, 2.45) is 4.99 Å². The molecule has 0 saturated heterocycles. The number of nitrogens with zero attached hydrogens (tertiary/aromatic N) is 3. The predicted octanol–water partition coefficient (Wildman–Crippen LogP) is 5.91. The molecule has 0 unspecified atom stereocenters. The summed E-state index contributed by atoms with van der Waals surface area (Å²) in [6, 6.07) is 13.2. The number of thiazole rings is 1. The van der Waals surface area contributed by atoms with E-state index in [2.05, 4.69) is 72.2 Å². The summed E-state index contributed by atoms with van der Waals surface area (Å²) in [4.78, 5) is 32.8. The summed E-state index contributed by atoms with van der Waals surface area (Å²) in [6.07, 6.45) is 1.86. The van der Waals surface area contributed by atoms with E-state index in [1.807, 2.05) is 38.1 Å². The van der Waals surface area contributed by atoms with Crippen LogP contribution < -0.4 is 24.4 Å². The molecule has 2 aromatic carbocycles. The van der Waals surface area contributed by atoms with Gasteiger partial charge in [-0.2, -0.15) is 0 Å². The molecule has 0 radical (unpaired) electrons. The van der Waals surface area contributed by atoms with Gasteiger partial charge in [-0.1, -0.05) is 23.5 Å². The van der Waals surface area contributed by atoms with Crippen molar-refractivity contribution >= 4 is 46.0 Å². The monoisotopic (exact) mass is 725 g/mol. The minimum absolute atomic E-state index is 0.0544. The van der Waals surface area contributed by atoms with Gasteiger partial charge in [0.2, 0.25) is 0 Å². The third-order valence-electron chi connectivity index (χ3n) is 7.55. The summed E-state index contributed by atoms with van der Waals surface area (Å²) in [5, 5.41) is 0. The van der Waals surface area contributed by atoms with Gasteiger partial charge in [0, 0.05) is 20.6 Å². The number of aryl methyl sites for hydroxylation is 2. The molecule has 2 aromatic heterocycles. The van der Waals surface area contributed by atoms with Crippen molar-refractivity contribution in [3.63, 3.8) is 0 Å². The van der Waals surface area contributed by atoms with Gasteiger partial charge in [-0.15, -0.1) is 0 Å². The van der Waals surface area contributed by atoms with Crippen molar-refractivity contribution in [2.75, 3.05) is 13.7 Å². The van der Waals surface area contributed by atoms with Gasteiger partial charge in [0.25, 0.3) is 5.56 Å². The van der Waals surface area contributed by atoms with Crippen LogP contribution in [-0.4, -0.2) is 34.9 Å². The molecule has 0 aliphatic carbocycles. The van der Waals surface area contributed by atoms with E-state index in [1.165, 1.54) is 20.5 Å². The fourth-order valence-electron chi connectivity index (χ4n) is 5.51. The zero-order chi connectivity index (χ0) is 31.9. The summed E-state index contributed by atoms with van der Waals surface area (Å²) in [6.45, 7) is 13.8. The number of hydrogen-bond acceptors (Lipinski definition) is 7. The maximum absolute atomic E-state index is 14.2. The van der Waals surface area contributed by atoms with Gasteiger partial charge in [0.05, 0.1) is 41.7 Å². The molecule has 0 saturated carbocycles. The SMILES string of the molecule is CCOC(=O)C1=C(C)N=c2s/c(=C/c3cc(C)n(-c4ccc(C)c(I)c4)c3C)c(=O)n2[C@@H]1c1ccc(OC(C)C)c(OC)c1. The number of rotatable bonds is 8. The number of aromatic nitrogens is 2. The Kier molecular flexibility index (Phi) is 9.22. The number of allylic oxidation sites excluding steroid dienone is 1. The average Bonchev–Trinajstić information content (AvgIpc) is 3.43. The number of ether oxygens (including phenoxy) is 3. The molecule has 3 heterocycles. The lowest BCUT2D eigenvalue weighted by atomic mass is 9.95. The molecule has 44 heavy (non-hydrogen) atoms. The number of hydrogen-bond donors (Lipinski definition) is 0. The smallest absolute Gasteiger partial charge is 0.338 e.